The monoisotopic (exact) mass is 347 g/mol. The predicted octanol–water partition coefficient (Wildman–Crippen LogP) is 1.56. The molecule has 5 nitrogen and oxygen atoms in total. The van der Waals surface area contributed by atoms with E-state index >= 15 is 0 Å². The second-order valence-electron chi connectivity index (χ2n) is 4.90. The summed E-state index contributed by atoms with van der Waals surface area (Å²) in [6.07, 6.45) is 5.14. The van der Waals surface area contributed by atoms with Gasteiger partial charge in [-0.15, -0.1) is 0 Å². The van der Waals surface area contributed by atoms with Crippen molar-refractivity contribution < 1.29 is 8.42 Å². The molecule has 0 aromatic carbocycles. The van der Waals surface area contributed by atoms with Crippen molar-refractivity contribution in [2.45, 2.75) is 23.8 Å². The molecule has 1 aliphatic rings. The van der Waals surface area contributed by atoms with Crippen LogP contribution in [0.1, 0.15) is 12.8 Å². The molecular weight excluding hydrogens is 330 g/mol. The van der Waals surface area contributed by atoms with E-state index in [1.54, 1.807) is 19.3 Å². The van der Waals surface area contributed by atoms with Crippen LogP contribution in [0.2, 0.25) is 0 Å². The Balaban J connectivity index is 2.15. The normalized spacial score (nSPS) is 21.2. The van der Waals surface area contributed by atoms with Gasteiger partial charge in [0, 0.05) is 36.5 Å². The average molecular weight is 348 g/mol. The number of hydrogen-bond donors (Lipinski definition) is 0. The summed E-state index contributed by atoms with van der Waals surface area (Å²) in [5, 5.41) is 0. The van der Waals surface area contributed by atoms with Gasteiger partial charge in [-0.05, 0) is 48.4 Å². The van der Waals surface area contributed by atoms with Crippen LogP contribution < -0.4 is 0 Å². The lowest BCUT2D eigenvalue weighted by Gasteiger charge is -2.25. The molecule has 0 N–H and O–H groups in total. The van der Waals surface area contributed by atoms with Crippen molar-refractivity contribution in [1.29, 1.82) is 0 Å². The summed E-state index contributed by atoms with van der Waals surface area (Å²) in [7, 11) is 0.210. The molecule has 1 aromatic rings. The number of nitrogens with zero attached hydrogens (tertiary/aromatic N) is 3. The first-order chi connectivity index (χ1) is 8.91. The minimum absolute atomic E-state index is 0.227. The molecule has 1 saturated heterocycles. The standard InChI is InChI=1S/C12H18BrN3O2S/c1-15-5-3-4-11(15)9-16(2)19(17,18)12-6-10(13)7-14-8-12/h6-8,11H,3-5,9H2,1-2H3. The van der Waals surface area contributed by atoms with Gasteiger partial charge in [0.15, 0.2) is 0 Å². The molecule has 0 bridgehead atoms. The highest BCUT2D eigenvalue weighted by Crippen LogP contribution is 2.21. The Morgan fingerprint density at radius 2 is 2.26 bits per heavy atom. The van der Waals surface area contributed by atoms with Crippen LogP contribution in [0.25, 0.3) is 0 Å². The van der Waals surface area contributed by atoms with Gasteiger partial charge in [0.05, 0.1) is 0 Å². The highest BCUT2D eigenvalue weighted by Gasteiger charge is 2.28. The Morgan fingerprint density at radius 1 is 1.53 bits per heavy atom. The van der Waals surface area contributed by atoms with E-state index in [4.69, 9.17) is 0 Å². The van der Waals surface area contributed by atoms with Gasteiger partial charge in [-0.3, -0.25) is 4.98 Å². The second kappa shape index (κ2) is 5.87. The third-order valence-corrected chi connectivity index (χ3v) is 5.75. The first-order valence-electron chi connectivity index (χ1n) is 6.18. The zero-order valence-corrected chi connectivity index (χ0v) is 13.5. The fraction of sp³-hybridized carbons (Fsp3) is 0.583. The van der Waals surface area contributed by atoms with Crippen molar-refractivity contribution in [2.75, 3.05) is 27.2 Å². The zero-order chi connectivity index (χ0) is 14.0. The number of aromatic nitrogens is 1. The van der Waals surface area contributed by atoms with Crippen molar-refractivity contribution in [2.24, 2.45) is 0 Å². The lowest BCUT2D eigenvalue weighted by molar-refractivity contribution is 0.271. The SMILES string of the molecule is CN1CCCC1CN(C)S(=O)(=O)c1cncc(Br)c1. The molecule has 0 aliphatic carbocycles. The maximum atomic E-state index is 12.4. The van der Waals surface area contributed by atoms with Crippen molar-refractivity contribution in [3.63, 3.8) is 0 Å². The minimum Gasteiger partial charge on any atom is -0.302 e. The third kappa shape index (κ3) is 3.34. The highest BCUT2D eigenvalue weighted by atomic mass is 79.9. The van der Waals surface area contributed by atoms with Crippen LogP contribution in [-0.2, 0) is 10.0 Å². The smallest absolute Gasteiger partial charge is 0.244 e. The second-order valence-corrected chi connectivity index (χ2v) is 7.86. The average Bonchev–Trinajstić information content (AvgIpc) is 2.75. The highest BCUT2D eigenvalue weighted by molar-refractivity contribution is 9.10. The largest absolute Gasteiger partial charge is 0.302 e. The molecule has 2 heterocycles. The van der Waals surface area contributed by atoms with Crippen molar-refractivity contribution in [3.05, 3.63) is 22.9 Å². The molecule has 1 atom stereocenters. The van der Waals surface area contributed by atoms with Gasteiger partial charge < -0.3 is 4.90 Å². The molecule has 1 aromatic heterocycles. The topological polar surface area (TPSA) is 53.5 Å². The fourth-order valence-electron chi connectivity index (χ4n) is 2.32. The first-order valence-corrected chi connectivity index (χ1v) is 8.41. The summed E-state index contributed by atoms with van der Waals surface area (Å²) in [5.74, 6) is 0. The van der Waals surface area contributed by atoms with Crippen molar-refractivity contribution >= 4 is 26.0 Å². The van der Waals surface area contributed by atoms with Crippen molar-refractivity contribution in [3.8, 4) is 0 Å². The number of rotatable bonds is 4. The quantitative estimate of drug-likeness (QED) is 0.829. The van der Waals surface area contributed by atoms with Gasteiger partial charge in [-0.25, -0.2) is 8.42 Å². The molecule has 0 radical (unpaired) electrons. The molecule has 1 aliphatic heterocycles. The molecule has 0 amide bonds. The van der Waals surface area contributed by atoms with Crippen LogP contribution in [0.15, 0.2) is 27.8 Å². The lowest BCUT2D eigenvalue weighted by Crippen LogP contribution is -2.39. The number of sulfonamides is 1. The van der Waals surface area contributed by atoms with E-state index in [0.717, 1.165) is 19.4 Å². The van der Waals surface area contributed by atoms with Crippen LogP contribution in [-0.4, -0.2) is 55.8 Å². The first kappa shape index (κ1) is 14.9. The molecule has 0 saturated carbocycles. The van der Waals surface area contributed by atoms with Crippen LogP contribution in [0.3, 0.4) is 0 Å². The van der Waals surface area contributed by atoms with Gasteiger partial charge >= 0.3 is 0 Å². The molecule has 1 unspecified atom stereocenters. The Labute approximate surface area is 122 Å². The van der Waals surface area contributed by atoms with Crippen LogP contribution in [0, 0.1) is 0 Å². The zero-order valence-electron chi connectivity index (χ0n) is 11.1. The van der Waals surface area contributed by atoms with Gasteiger partial charge in [-0.2, -0.15) is 4.31 Å². The van der Waals surface area contributed by atoms with Gasteiger partial charge in [0.1, 0.15) is 4.90 Å². The predicted molar refractivity (Wildman–Crippen MR) is 77.4 cm³/mol. The fourth-order valence-corrected chi connectivity index (χ4v) is 4.03. The third-order valence-electron chi connectivity index (χ3n) is 3.53. The Hall–Kier alpha value is -0.500. The van der Waals surface area contributed by atoms with Crippen LogP contribution in [0.5, 0.6) is 0 Å². The summed E-state index contributed by atoms with van der Waals surface area (Å²) < 4.78 is 26.9. The number of likely N-dealkylation sites (N-methyl/N-ethyl adjacent to an activating group) is 2. The lowest BCUT2D eigenvalue weighted by atomic mass is 10.2. The summed E-state index contributed by atoms with van der Waals surface area (Å²) in [6, 6.07) is 1.89. The molecule has 106 valence electrons. The Morgan fingerprint density at radius 3 is 2.84 bits per heavy atom. The van der Waals surface area contributed by atoms with E-state index in [1.165, 1.54) is 10.5 Å². The van der Waals surface area contributed by atoms with Gasteiger partial charge in [-0.1, -0.05) is 0 Å². The van der Waals surface area contributed by atoms with E-state index < -0.39 is 10.0 Å². The number of pyridine rings is 1. The Kier molecular flexibility index (Phi) is 4.60. The minimum atomic E-state index is -3.46. The van der Waals surface area contributed by atoms with Crippen molar-refractivity contribution in [1.82, 2.24) is 14.2 Å². The molecule has 19 heavy (non-hydrogen) atoms. The van der Waals surface area contributed by atoms with E-state index in [0.29, 0.717) is 17.1 Å². The summed E-state index contributed by atoms with van der Waals surface area (Å²) in [5.41, 5.74) is 0. The van der Waals surface area contributed by atoms with Crippen LogP contribution in [0.4, 0.5) is 0 Å². The van der Waals surface area contributed by atoms with E-state index in [-0.39, 0.29) is 4.90 Å². The molecule has 0 spiro atoms. The Bertz CT molecular complexity index is 550. The molecular formula is C12H18BrN3O2S. The maximum absolute atomic E-state index is 12.4. The van der Waals surface area contributed by atoms with Gasteiger partial charge in [0.25, 0.3) is 0 Å². The summed E-state index contributed by atoms with van der Waals surface area (Å²) in [6.45, 7) is 1.56. The number of hydrogen-bond acceptors (Lipinski definition) is 4. The maximum Gasteiger partial charge on any atom is 0.244 e. The molecule has 1 fully saturated rings. The van der Waals surface area contributed by atoms with Crippen LogP contribution >= 0.6 is 15.9 Å². The summed E-state index contributed by atoms with van der Waals surface area (Å²) >= 11 is 3.25. The van der Waals surface area contributed by atoms with E-state index in [1.807, 2.05) is 7.05 Å². The molecule has 7 heteroatoms. The number of likely N-dealkylation sites (tertiary alicyclic amines) is 1. The van der Waals surface area contributed by atoms with E-state index in [2.05, 4.69) is 25.8 Å². The van der Waals surface area contributed by atoms with E-state index in [9.17, 15) is 8.42 Å². The molecule has 2 rings (SSSR count). The van der Waals surface area contributed by atoms with Gasteiger partial charge in [0.2, 0.25) is 10.0 Å². The summed E-state index contributed by atoms with van der Waals surface area (Å²) in [4.78, 5) is 6.36. The number of halogens is 1.